The molecule has 2 N–H and O–H groups in total. The monoisotopic (exact) mass is 301 g/mol. The molecule has 1 atom stereocenters. The molecule has 0 radical (unpaired) electrons. The van der Waals surface area contributed by atoms with Crippen LogP contribution < -0.4 is 5.32 Å². The highest BCUT2D eigenvalue weighted by Gasteiger charge is 2.29. The average Bonchev–Trinajstić information content (AvgIpc) is 2.35. The number of hydrogen-bond acceptors (Lipinski definition) is 6. The standard InChI is InChI=1S/C14H27N3O4/c1-14(2,3)21-13(19)17-6-4-16(5-7-17)12(18)10-20-11-8-15-9-11/h11-12,15,18H,4-10H2,1-3H3. The summed E-state index contributed by atoms with van der Waals surface area (Å²) in [4.78, 5) is 15.6. The Bertz CT molecular complexity index is 347. The third-order valence-electron chi connectivity index (χ3n) is 3.61. The van der Waals surface area contributed by atoms with Crippen LogP contribution >= 0.6 is 0 Å². The minimum Gasteiger partial charge on any atom is -0.444 e. The lowest BCUT2D eigenvalue weighted by Gasteiger charge is -2.38. The van der Waals surface area contributed by atoms with E-state index < -0.39 is 11.8 Å². The summed E-state index contributed by atoms with van der Waals surface area (Å²) in [7, 11) is 0. The third kappa shape index (κ3) is 5.10. The molecular formula is C14H27N3O4. The van der Waals surface area contributed by atoms with E-state index in [9.17, 15) is 9.90 Å². The summed E-state index contributed by atoms with van der Waals surface area (Å²) in [6, 6.07) is 0. The van der Waals surface area contributed by atoms with Crippen LogP contribution in [0.3, 0.4) is 0 Å². The van der Waals surface area contributed by atoms with Gasteiger partial charge in [-0.25, -0.2) is 4.79 Å². The van der Waals surface area contributed by atoms with Gasteiger partial charge in [-0.2, -0.15) is 0 Å². The second-order valence-corrected chi connectivity index (χ2v) is 6.60. The molecule has 0 saturated carbocycles. The number of aliphatic hydroxyl groups excluding tert-OH is 1. The topological polar surface area (TPSA) is 74.3 Å². The molecule has 2 heterocycles. The van der Waals surface area contributed by atoms with Gasteiger partial charge in [0.15, 0.2) is 0 Å². The van der Waals surface area contributed by atoms with Gasteiger partial charge in [-0.05, 0) is 20.8 Å². The van der Waals surface area contributed by atoms with Gasteiger partial charge in [0.05, 0.1) is 12.7 Å². The third-order valence-corrected chi connectivity index (χ3v) is 3.61. The first-order chi connectivity index (χ1) is 9.85. The van der Waals surface area contributed by atoms with E-state index in [1.807, 2.05) is 25.7 Å². The Morgan fingerprint density at radius 3 is 2.38 bits per heavy atom. The van der Waals surface area contributed by atoms with Crippen LogP contribution in [0, 0.1) is 0 Å². The molecule has 2 aliphatic rings. The molecule has 0 aromatic heterocycles. The highest BCUT2D eigenvalue weighted by molar-refractivity contribution is 5.68. The lowest BCUT2D eigenvalue weighted by Crippen LogP contribution is -2.55. The number of piperazine rings is 1. The summed E-state index contributed by atoms with van der Waals surface area (Å²) in [5.41, 5.74) is -0.474. The van der Waals surface area contributed by atoms with Crippen LogP contribution in [0.5, 0.6) is 0 Å². The lowest BCUT2D eigenvalue weighted by atomic mass is 10.2. The molecule has 1 amide bonds. The molecule has 21 heavy (non-hydrogen) atoms. The Balaban J connectivity index is 1.68. The van der Waals surface area contributed by atoms with Crippen molar-refractivity contribution in [1.82, 2.24) is 15.1 Å². The first kappa shape index (κ1) is 16.5. The van der Waals surface area contributed by atoms with Gasteiger partial charge in [0.2, 0.25) is 0 Å². The van der Waals surface area contributed by atoms with Crippen LogP contribution in [0.4, 0.5) is 4.79 Å². The van der Waals surface area contributed by atoms with Crippen molar-refractivity contribution in [2.45, 2.75) is 38.7 Å². The van der Waals surface area contributed by atoms with Crippen LogP contribution in [-0.2, 0) is 9.47 Å². The average molecular weight is 301 g/mol. The van der Waals surface area contributed by atoms with Gasteiger partial charge in [0, 0.05) is 39.3 Å². The molecule has 2 aliphatic heterocycles. The number of amides is 1. The van der Waals surface area contributed by atoms with E-state index in [0.29, 0.717) is 32.8 Å². The Morgan fingerprint density at radius 1 is 1.29 bits per heavy atom. The normalized spacial score (nSPS) is 22.8. The second-order valence-electron chi connectivity index (χ2n) is 6.60. The van der Waals surface area contributed by atoms with E-state index >= 15 is 0 Å². The quantitative estimate of drug-likeness (QED) is 0.752. The molecule has 0 aliphatic carbocycles. The molecular weight excluding hydrogens is 274 g/mol. The number of carbonyl (C=O) groups is 1. The fourth-order valence-corrected chi connectivity index (χ4v) is 2.24. The van der Waals surface area contributed by atoms with Crippen molar-refractivity contribution < 1.29 is 19.4 Å². The molecule has 0 aromatic carbocycles. The summed E-state index contributed by atoms with van der Waals surface area (Å²) in [6.45, 7) is 10.0. The van der Waals surface area contributed by atoms with E-state index in [4.69, 9.17) is 9.47 Å². The minimum absolute atomic E-state index is 0.225. The molecule has 7 heteroatoms. The largest absolute Gasteiger partial charge is 0.444 e. The Kier molecular flexibility index (Phi) is 5.43. The Morgan fingerprint density at radius 2 is 1.90 bits per heavy atom. The molecule has 2 saturated heterocycles. The molecule has 0 spiro atoms. The number of rotatable bonds is 4. The van der Waals surface area contributed by atoms with Gasteiger partial charge < -0.3 is 24.8 Å². The zero-order valence-electron chi connectivity index (χ0n) is 13.2. The predicted molar refractivity (Wildman–Crippen MR) is 78.0 cm³/mol. The lowest BCUT2D eigenvalue weighted by molar-refractivity contribution is -0.0996. The minimum atomic E-state index is -0.605. The summed E-state index contributed by atoms with van der Waals surface area (Å²) < 4.78 is 10.9. The predicted octanol–water partition coefficient (Wildman–Crippen LogP) is -0.154. The van der Waals surface area contributed by atoms with Crippen LogP contribution in [0.2, 0.25) is 0 Å². The summed E-state index contributed by atoms with van der Waals surface area (Å²) in [6.07, 6.45) is -0.664. The zero-order valence-corrected chi connectivity index (χ0v) is 13.2. The number of nitrogens with zero attached hydrogens (tertiary/aromatic N) is 2. The number of carbonyl (C=O) groups excluding carboxylic acids is 1. The van der Waals surface area contributed by atoms with Crippen LogP contribution in [-0.4, -0.2) is 84.8 Å². The van der Waals surface area contributed by atoms with Gasteiger partial charge in [-0.15, -0.1) is 0 Å². The van der Waals surface area contributed by atoms with Crippen molar-refractivity contribution in [3.8, 4) is 0 Å². The summed E-state index contributed by atoms with van der Waals surface area (Å²) in [5.74, 6) is 0. The number of hydrogen-bond donors (Lipinski definition) is 2. The number of nitrogens with one attached hydrogen (secondary N) is 1. The van der Waals surface area contributed by atoms with Crippen molar-refractivity contribution in [3.05, 3.63) is 0 Å². The van der Waals surface area contributed by atoms with Gasteiger partial charge in [0.1, 0.15) is 11.8 Å². The molecule has 0 bridgehead atoms. The molecule has 1 unspecified atom stereocenters. The van der Waals surface area contributed by atoms with Crippen molar-refractivity contribution in [2.75, 3.05) is 45.9 Å². The van der Waals surface area contributed by atoms with Crippen molar-refractivity contribution >= 4 is 6.09 Å². The van der Waals surface area contributed by atoms with Crippen molar-refractivity contribution in [3.63, 3.8) is 0 Å². The maximum atomic E-state index is 11.9. The fraction of sp³-hybridized carbons (Fsp3) is 0.929. The summed E-state index contributed by atoms with van der Waals surface area (Å²) >= 11 is 0. The summed E-state index contributed by atoms with van der Waals surface area (Å²) in [5, 5.41) is 13.2. The molecule has 7 nitrogen and oxygen atoms in total. The van der Waals surface area contributed by atoms with E-state index in [2.05, 4.69) is 5.32 Å². The van der Waals surface area contributed by atoms with Crippen molar-refractivity contribution in [1.29, 1.82) is 0 Å². The van der Waals surface area contributed by atoms with E-state index in [-0.39, 0.29) is 12.2 Å². The van der Waals surface area contributed by atoms with E-state index in [0.717, 1.165) is 13.1 Å². The molecule has 122 valence electrons. The molecule has 2 rings (SSSR count). The maximum absolute atomic E-state index is 11.9. The number of ether oxygens (including phenoxy) is 2. The Labute approximate surface area is 126 Å². The van der Waals surface area contributed by atoms with Crippen LogP contribution in [0.15, 0.2) is 0 Å². The maximum Gasteiger partial charge on any atom is 0.410 e. The zero-order chi connectivity index (χ0) is 15.5. The van der Waals surface area contributed by atoms with E-state index in [1.165, 1.54) is 0 Å². The first-order valence-corrected chi connectivity index (χ1v) is 7.57. The second kappa shape index (κ2) is 6.91. The first-order valence-electron chi connectivity index (χ1n) is 7.57. The van der Waals surface area contributed by atoms with Gasteiger partial charge in [0.25, 0.3) is 0 Å². The fourth-order valence-electron chi connectivity index (χ4n) is 2.24. The SMILES string of the molecule is CC(C)(C)OC(=O)N1CCN(C(O)COC2CNC2)CC1. The highest BCUT2D eigenvalue weighted by atomic mass is 16.6. The molecule has 2 fully saturated rings. The van der Waals surface area contributed by atoms with E-state index in [1.54, 1.807) is 4.90 Å². The smallest absolute Gasteiger partial charge is 0.410 e. The van der Waals surface area contributed by atoms with Gasteiger partial charge in [-0.3, -0.25) is 4.90 Å². The van der Waals surface area contributed by atoms with Crippen LogP contribution in [0.1, 0.15) is 20.8 Å². The van der Waals surface area contributed by atoms with Crippen LogP contribution in [0.25, 0.3) is 0 Å². The van der Waals surface area contributed by atoms with Gasteiger partial charge >= 0.3 is 6.09 Å². The van der Waals surface area contributed by atoms with Crippen molar-refractivity contribution in [2.24, 2.45) is 0 Å². The molecule has 0 aromatic rings. The number of aliphatic hydroxyl groups is 1. The Hall–Kier alpha value is -0.890. The van der Waals surface area contributed by atoms with Gasteiger partial charge in [-0.1, -0.05) is 0 Å². The highest BCUT2D eigenvalue weighted by Crippen LogP contribution is 2.13.